The molecule has 0 fully saturated rings. The largest absolute Gasteiger partial charge is 0.381 e. The van der Waals surface area contributed by atoms with Crippen LogP contribution in [0.3, 0.4) is 0 Å². The van der Waals surface area contributed by atoms with Crippen LogP contribution in [0.2, 0.25) is 0 Å². The molecule has 2 heterocycles. The Labute approximate surface area is 83.6 Å². The quantitative estimate of drug-likeness (QED) is 0.812. The Morgan fingerprint density at radius 1 is 1.64 bits per heavy atom. The van der Waals surface area contributed by atoms with Crippen LogP contribution >= 0.6 is 11.3 Å². The van der Waals surface area contributed by atoms with Gasteiger partial charge in [-0.2, -0.15) is 15.0 Å². The molecule has 2 rings (SSSR count). The molecule has 0 aliphatic heterocycles. The van der Waals surface area contributed by atoms with E-state index < -0.39 is 11.9 Å². The first kappa shape index (κ1) is 9.29. The first-order valence-corrected chi connectivity index (χ1v) is 4.83. The molecule has 4 nitrogen and oxygen atoms in total. The lowest BCUT2D eigenvalue weighted by Gasteiger charge is -2.03. The van der Waals surface area contributed by atoms with Gasteiger partial charge in [-0.1, -0.05) is 0 Å². The highest BCUT2D eigenvalue weighted by Gasteiger charge is 2.18. The van der Waals surface area contributed by atoms with E-state index >= 15 is 0 Å². The SMILES string of the molecule is Cn1ncc(C(O)c2sccc2F)n1. The topological polar surface area (TPSA) is 50.9 Å². The molecule has 0 saturated carbocycles. The summed E-state index contributed by atoms with van der Waals surface area (Å²) in [6.07, 6.45) is 0.396. The number of thiophene rings is 1. The Morgan fingerprint density at radius 2 is 2.43 bits per heavy atom. The zero-order valence-corrected chi connectivity index (χ0v) is 8.20. The van der Waals surface area contributed by atoms with E-state index in [-0.39, 0.29) is 4.88 Å². The molecule has 0 aromatic carbocycles. The minimum atomic E-state index is -1.02. The van der Waals surface area contributed by atoms with E-state index in [0.717, 1.165) is 11.3 Å². The molecule has 0 spiro atoms. The average molecular weight is 213 g/mol. The minimum absolute atomic E-state index is 0.269. The summed E-state index contributed by atoms with van der Waals surface area (Å²) < 4.78 is 13.1. The van der Waals surface area contributed by atoms with Crippen molar-refractivity contribution in [1.82, 2.24) is 15.0 Å². The maximum absolute atomic E-state index is 13.1. The molecular formula is C8H8FN3OS. The van der Waals surface area contributed by atoms with E-state index in [9.17, 15) is 9.50 Å². The van der Waals surface area contributed by atoms with Crippen molar-refractivity contribution in [2.45, 2.75) is 6.10 Å². The van der Waals surface area contributed by atoms with Crippen LogP contribution in [0.5, 0.6) is 0 Å². The van der Waals surface area contributed by atoms with Crippen molar-refractivity contribution in [3.8, 4) is 0 Å². The Balaban J connectivity index is 2.33. The fraction of sp³-hybridized carbons (Fsp3) is 0.250. The van der Waals surface area contributed by atoms with Gasteiger partial charge in [0.15, 0.2) is 0 Å². The van der Waals surface area contributed by atoms with Crippen LogP contribution in [-0.2, 0) is 7.05 Å². The first-order valence-electron chi connectivity index (χ1n) is 3.95. The summed E-state index contributed by atoms with van der Waals surface area (Å²) >= 11 is 1.16. The first-order chi connectivity index (χ1) is 6.68. The fourth-order valence-electron chi connectivity index (χ4n) is 1.12. The Hall–Kier alpha value is -1.27. The molecule has 2 aromatic rings. The van der Waals surface area contributed by atoms with Crippen molar-refractivity contribution >= 4 is 11.3 Å². The predicted octanol–water partition coefficient (Wildman–Crippen LogP) is 1.10. The molecule has 1 N–H and O–H groups in total. The van der Waals surface area contributed by atoms with Gasteiger partial charge in [0.2, 0.25) is 0 Å². The molecular weight excluding hydrogens is 205 g/mol. The smallest absolute Gasteiger partial charge is 0.140 e. The summed E-state index contributed by atoms with van der Waals surface area (Å²) in [7, 11) is 1.64. The van der Waals surface area contributed by atoms with Gasteiger partial charge in [0.05, 0.1) is 11.1 Å². The molecule has 0 bridgehead atoms. The molecule has 0 saturated heterocycles. The summed E-state index contributed by atoms with van der Waals surface area (Å²) in [5, 5.41) is 19.0. The van der Waals surface area contributed by atoms with E-state index in [2.05, 4.69) is 10.2 Å². The van der Waals surface area contributed by atoms with Crippen LogP contribution in [0, 0.1) is 5.82 Å². The summed E-state index contributed by atoms with van der Waals surface area (Å²) in [5.74, 6) is -0.409. The maximum atomic E-state index is 13.1. The Bertz CT molecular complexity index is 439. The van der Waals surface area contributed by atoms with E-state index in [1.54, 1.807) is 12.4 Å². The number of halogens is 1. The molecule has 1 atom stereocenters. The maximum Gasteiger partial charge on any atom is 0.140 e. The second kappa shape index (κ2) is 3.47. The molecule has 14 heavy (non-hydrogen) atoms. The Kier molecular flexibility index (Phi) is 2.30. The number of aliphatic hydroxyl groups excluding tert-OH is 1. The fourth-order valence-corrected chi connectivity index (χ4v) is 1.89. The number of hydrogen-bond donors (Lipinski definition) is 1. The Morgan fingerprint density at radius 3 is 2.93 bits per heavy atom. The molecule has 6 heteroatoms. The third-order valence-corrected chi connectivity index (χ3v) is 2.73. The van der Waals surface area contributed by atoms with Gasteiger partial charge >= 0.3 is 0 Å². The van der Waals surface area contributed by atoms with Gasteiger partial charge in [0.25, 0.3) is 0 Å². The lowest BCUT2D eigenvalue weighted by atomic mass is 10.2. The molecule has 0 amide bonds. The number of rotatable bonds is 2. The average Bonchev–Trinajstić information content (AvgIpc) is 2.73. The zero-order chi connectivity index (χ0) is 10.1. The summed E-state index contributed by atoms with van der Waals surface area (Å²) in [5.41, 5.74) is 0.355. The summed E-state index contributed by atoms with van der Waals surface area (Å²) in [6.45, 7) is 0. The highest BCUT2D eigenvalue weighted by Crippen LogP contribution is 2.26. The van der Waals surface area contributed by atoms with Gasteiger partial charge in [-0.05, 0) is 11.4 Å². The van der Waals surface area contributed by atoms with Gasteiger partial charge in [0, 0.05) is 7.05 Å². The van der Waals surface area contributed by atoms with Crippen molar-refractivity contribution in [1.29, 1.82) is 0 Å². The number of aliphatic hydroxyl groups is 1. The minimum Gasteiger partial charge on any atom is -0.381 e. The van der Waals surface area contributed by atoms with Gasteiger partial charge < -0.3 is 5.11 Å². The van der Waals surface area contributed by atoms with Crippen LogP contribution in [0.15, 0.2) is 17.6 Å². The lowest BCUT2D eigenvalue weighted by Crippen LogP contribution is -2.01. The van der Waals surface area contributed by atoms with Crippen molar-refractivity contribution in [3.63, 3.8) is 0 Å². The third-order valence-electron chi connectivity index (χ3n) is 1.79. The van der Waals surface area contributed by atoms with Crippen molar-refractivity contribution in [2.75, 3.05) is 0 Å². The highest BCUT2D eigenvalue weighted by molar-refractivity contribution is 7.10. The molecule has 74 valence electrons. The van der Waals surface area contributed by atoms with Gasteiger partial charge in [-0.3, -0.25) is 0 Å². The molecule has 0 aliphatic carbocycles. The van der Waals surface area contributed by atoms with Crippen LogP contribution < -0.4 is 0 Å². The second-order valence-electron chi connectivity index (χ2n) is 2.79. The van der Waals surface area contributed by atoms with E-state index in [1.165, 1.54) is 17.1 Å². The summed E-state index contributed by atoms with van der Waals surface area (Å²) in [6, 6.07) is 1.32. The van der Waals surface area contributed by atoms with Crippen molar-refractivity contribution in [3.05, 3.63) is 34.0 Å². The summed E-state index contributed by atoms with van der Waals surface area (Å²) in [4.78, 5) is 1.59. The molecule has 2 aromatic heterocycles. The normalized spacial score (nSPS) is 13.1. The van der Waals surface area contributed by atoms with E-state index in [1.807, 2.05) is 0 Å². The number of aromatic nitrogens is 3. The molecule has 0 aliphatic rings. The number of aryl methyl sites for hydroxylation is 1. The van der Waals surface area contributed by atoms with Crippen molar-refractivity contribution < 1.29 is 9.50 Å². The van der Waals surface area contributed by atoms with Crippen LogP contribution in [0.4, 0.5) is 4.39 Å². The monoisotopic (exact) mass is 213 g/mol. The lowest BCUT2D eigenvalue weighted by molar-refractivity contribution is 0.213. The van der Waals surface area contributed by atoms with Crippen molar-refractivity contribution in [2.24, 2.45) is 7.05 Å². The number of hydrogen-bond acceptors (Lipinski definition) is 4. The molecule has 1 unspecified atom stereocenters. The zero-order valence-electron chi connectivity index (χ0n) is 7.38. The van der Waals surface area contributed by atoms with Gasteiger partial charge in [-0.25, -0.2) is 4.39 Å². The van der Waals surface area contributed by atoms with Gasteiger partial charge in [0.1, 0.15) is 17.6 Å². The van der Waals surface area contributed by atoms with E-state index in [0.29, 0.717) is 5.69 Å². The third kappa shape index (κ3) is 1.53. The highest BCUT2D eigenvalue weighted by atomic mass is 32.1. The molecule has 0 radical (unpaired) electrons. The second-order valence-corrected chi connectivity index (χ2v) is 3.74. The van der Waals surface area contributed by atoms with Crippen LogP contribution in [0.25, 0.3) is 0 Å². The van der Waals surface area contributed by atoms with E-state index in [4.69, 9.17) is 0 Å². The van der Waals surface area contributed by atoms with Gasteiger partial charge in [-0.15, -0.1) is 11.3 Å². The predicted molar refractivity (Wildman–Crippen MR) is 49.3 cm³/mol. The van der Waals surface area contributed by atoms with Crippen LogP contribution in [-0.4, -0.2) is 20.1 Å². The number of nitrogens with zero attached hydrogens (tertiary/aromatic N) is 3. The van der Waals surface area contributed by atoms with Crippen LogP contribution in [0.1, 0.15) is 16.7 Å². The standard InChI is InChI=1S/C8H8FN3OS/c1-12-10-4-6(11-12)7(13)8-5(9)2-3-14-8/h2-4,7,13H,1H3.